The summed E-state index contributed by atoms with van der Waals surface area (Å²) in [6.07, 6.45) is 7.59. The highest BCUT2D eigenvalue weighted by atomic mass is 16.5. The topological polar surface area (TPSA) is 50.4 Å². The molecule has 0 atom stereocenters. The van der Waals surface area contributed by atoms with Crippen molar-refractivity contribution in [2.24, 2.45) is 0 Å². The average molecular weight is 417 g/mol. The first-order valence-electron chi connectivity index (χ1n) is 11.4. The molecule has 0 heterocycles. The SMILES string of the molecule is COc1ccc2cc(Cc3ccccc3)cc(CCNC(=O)NC3CCCCC3)c2c1. The Morgan fingerprint density at radius 3 is 2.55 bits per heavy atom. The van der Waals surface area contributed by atoms with Crippen molar-refractivity contribution in [2.75, 3.05) is 13.7 Å². The van der Waals surface area contributed by atoms with Gasteiger partial charge in [0.15, 0.2) is 0 Å². The molecule has 31 heavy (non-hydrogen) atoms. The van der Waals surface area contributed by atoms with E-state index in [0.717, 1.165) is 31.4 Å². The first kappa shape index (κ1) is 21.2. The van der Waals surface area contributed by atoms with Gasteiger partial charge in [-0.3, -0.25) is 0 Å². The number of rotatable bonds is 7. The van der Waals surface area contributed by atoms with E-state index in [0.29, 0.717) is 12.6 Å². The molecule has 2 N–H and O–H groups in total. The van der Waals surface area contributed by atoms with Gasteiger partial charge in [0.25, 0.3) is 0 Å². The molecule has 0 aliphatic heterocycles. The zero-order valence-electron chi connectivity index (χ0n) is 18.3. The second kappa shape index (κ2) is 10.3. The zero-order chi connectivity index (χ0) is 21.5. The molecule has 0 aromatic heterocycles. The first-order chi connectivity index (χ1) is 15.2. The maximum absolute atomic E-state index is 12.3. The van der Waals surface area contributed by atoms with Gasteiger partial charge in [0.2, 0.25) is 0 Å². The molecule has 0 bridgehead atoms. The maximum atomic E-state index is 12.3. The minimum absolute atomic E-state index is 0.0470. The van der Waals surface area contributed by atoms with Gasteiger partial charge < -0.3 is 15.4 Å². The molecular formula is C27H32N2O2. The Kier molecular flexibility index (Phi) is 7.08. The van der Waals surface area contributed by atoms with Crippen LogP contribution in [0.5, 0.6) is 5.75 Å². The summed E-state index contributed by atoms with van der Waals surface area (Å²) in [5.74, 6) is 0.854. The lowest BCUT2D eigenvalue weighted by atomic mass is 9.95. The van der Waals surface area contributed by atoms with Crippen LogP contribution in [-0.4, -0.2) is 25.7 Å². The summed E-state index contributed by atoms with van der Waals surface area (Å²) in [7, 11) is 1.70. The summed E-state index contributed by atoms with van der Waals surface area (Å²) in [4.78, 5) is 12.3. The number of hydrogen-bond acceptors (Lipinski definition) is 2. The van der Waals surface area contributed by atoms with Crippen molar-refractivity contribution in [1.82, 2.24) is 10.6 Å². The predicted octanol–water partition coefficient (Wildman–Crippen LogP) is 5.61. The van der Waals surface area contributed by atoms with Crippen LogP contribution in [0.2, 0.25) is 0 Å². The van der Waals surface area contributed by atoms with Crippen LogP contribution in [0.3, 0.4) is 0 Å². The second-order valence-electron chi connectivity index (χ2n) is 8.49. The van der Waals surface area contributed by atoms with E-state index in [4.69, 9.17) is 4.74 Å². The molecule has 0 radical (unpaired) electrons. The fraction of sp³-hybridized carbons (Fsp3) is 0.370. The number of benzene rings is 3. The van der Waals surface area contributed by atoms with Gasteiger partial charge in [-0.25, -0.2) is 4.79 Å². The molecule has 1 saturated carbocycles. The zero-order valence-corrected chi connectivity index (χ0v) is 18.3. The van der Waals surface area contributed by atoms with E-state index < -0.39 is 0 Å². The van der Waals surface area contributed by atoms with E-state index in [1.165, 1.54) is 46.7 Å². The molecule has 4 heteroatoms. The standard InChI is InChI=1S/C27H32N2O2/c1-31-25-13-12-22-17-21(16-20-8-4-2-5-9-20)18-23(26(22)19-25)14-15-28-27(30)29-24-10-6-3-7-11-24/h2,4-5,8-9,12-13,17-19,24H,3,6-7,10-11,14-16H2,1H3,(H2,28,29,30). The van der Waals surface area contributed by atoms with Crippen molar-refractivity contribution < 1.29 is 9.53 Å². The van der Waals surface area contributed by atoms with Crippen LogP contribution in [0.15, 0.2) is 60.7 Å². The van der Waals surface area contributed by atoms with E-state index in [1.54, 1.807) is 7.11 Å². The summed E-state index contributed by atoms with van der Waals surface area (Å²) in [5.41, 5.74) is 3.82. The molecule has 4 nitrogen and oxygen atoms in total. The minimum Gasteiger partial charge on any atom is -0.497 e. The largest absolute Gasteiger partial charge is 0.497 e. The number of nitrogens with one attached hydrogen (secondary N) is 2. The van der Waals surface area contributed by atoms with Crippen molar-refractivity contribution in [2.45, 2.75) is 51.0 Å². The fourth-order valence-electron chi connectivity index (χ4n) is 4.54. The Balaban J connectivity index is 1.47. The lowest BCUT2D eigenvalue weighted by Crippen LogP contribution is -2.43. The van der Waals surface area contributed by atoms with Gasteiger partial charge >= 0.3 is 6.03 Å². The summed E-state index contributed by atoms with van der Waals surface area (Å²) in [5, 5.41) is 8.58. The number of carbonyl (C=O) groups excluding carboxylic acids is 1. The lowest BCUT2D eigenvalue weighted by Gasteiger charge is -2.23. The summed E-state index contributed by atoms with van der Waals surface area (Å²) in [6, 6.07) is 21.6. The third-order valence-electron chi connectivity index (χ3n) is 6.18. The van der Waals surface area contributed by atoms with Gasteiger partial charge in [-0.2, -0.15) is 0 Å². The van der Waals surface area contributed by atoms with Gasteiger partial charge in [-0.05, 0) is 65.3 Å². The highest BCUT2D eigenvalue weighted by Crippen LogP contribution is 2.27. The number of methoxy groups -OCH3 is 1. The maximum Gasteiger partial charge on any atom is 0.315 e. The normalized spacial score (nSPS) is 14.4. The van der Waals surface area contributed by atoms with E-state index in [1.807, 2.05) is 12.1 Å². The summed E-state index contributed by atoms with van der Waals surface area (Å²) < 4.78 is 5.45. The van der Waals surface area contributed by atoms with E-state index in [2.05, 4.69) is 59.2 Å². The van der Waals surface area contributed by atoms with Crippen LogP contribution >= 0.6 is 0 Å². The molecule has 1 aliphatic carbocycles. The van der Waals surface area contributed by atoms with Crippen molar-refractivity contribution in [3.05, 3.63) is 77.4 Å². The van der Waals surface area contributed by atoms with Gasteiger partial charge in [0, 0.05) is 12.6 Å². The molecular weight excluding hydrogens is 384 g/mol. The third kappa shape index (κ3) is 5.78. The van der Waals surface area contributed by atoms with Crippen LogP contribution in [0.4, 0.5) is 4.79 Å². The van der Waals surface area contributed by atoms with Gasteiger partial charge in [0.1, 0.15) is 5.75 Å². The summed E-state index contributed by atoms with van der Waals surface area (Å²) >= 11 is 0. The molecule has 0 unspecified atom stereocenters. The Morgan fingerprint density at radius 2 is 1.77 bits per heavy atom. The molecule has 1 aliphatic rings. The number of fused-ring (bicyclic) bond motifs is 1. The first-order valence-corrected chi connectivity index (χ1v) is 11.4. The predicted molar refractivity (Wildman–Crippen MR) is 127 cm³/mol. The number of hydrogen-bond donors (Lipinski definition) is 2. The molecule has 162 valence electrons. The number of ether oxygens (including phenoxy) is 1. The molecule has 2 amide bonds. The van der Waals surface area contributed by atoms with Gasteiger partial charge in [0.05, 0.1) is 7.11 Å². The van der Waals surface area contributed by atoms with Crippen LogP contribution in [0.1, 0.15) is 48.8 Å². The molecule has 3 aromatic carbocycles. The second-order valence-corrected chi connectivity index (χ2v) is 8.49. The fourth-order valence-corrected chi connectivity index (χ4v) is 4.54. The Hall–Kier alpha value is -3.01. The number of amides is 2. The van der Waals surface area contributed by atoms with Crippen molar-refractivity contribution in [3.63, 3.8) is 0 Å². The molecule has 4 rings (SSSR count). The van der Waals surface area contributed by atoms with Gasteiger partial charge in [-0.15, -0.1) is 0 Å². The van der Waals surface area contributed by atoms with Crippen LogP contribution in [0.25, 0.3) is 10.8 Å². The van der Waals surface area contributed by atoms with Crippen LogP contribution < -0.4 is 15.4 Å². The quantitative estimate of drug-likeness (QED) is 0.526. The molecule has 0 saturated heterocycles. The van der Waals surface area contributed by atoms with Gasteiger partial charge in [-0.1, -0.05) is 67.8 Å². The highest BCUT2D eigenvalue weighted by molar-refractivity contribution is 5.88. The monoisotopic (exact) mass is 416 g/mol. The van der Waals surface area contributed by atoms with Crippen molar-refractivity contribution >= 4 is 16.8 Å². The van der Waals surface area contributed by atoms with E-state index >= 15 is 0 Å². The highest BCUT2D eigenvalue weighted by Gasteiger charge is 2.15. The summed E-state index contributed by atoms with van der Waals surface area (Å²) in [6.45, 7) is 0.611. The van der Waals surface area contributed by atoms with E-state index in [9.17, 15) is 4.79 Å². The van der Waals surface area contributed by atoms with Crippen LogP contribution in [0, 0.1) is 0 Å². The minimum atomic E-state index is -0.0470. The van der Waals surface area contributed by atoms with Crippen LogP contribution in [-0.2, 0) is 12.8 Å². The Bertz CT molecular complexity index is 1010. The molecule has 1 fully saturated rings. The van der Waals surface area contributed by atoms with Crippen molar-refractivity contribution in [1.29, 1.82) is 0 Å². The smallest absolute Gasteiger partial charge is 0.315 e. The molecule has 0 spiro atoms. The Labute approximate surface area is 185 Å². The third-order valence-corrected chi connectivity index (χ3v) is 6.18. The van der Waals surface area contributed by atoms with Crippen molar-refractivity contribution in [3.8, 4) is 5.75 Å². The molecule has 3 aromatic rings. The lowest BCUT2D eigenvalue weighted by molar-refractivity contribution is 0.233. The number of carbonyl (C=O) groups is 1. The van der Waals surface area contributed by atoms with E-state index in [-0.39, 0.29) is 6.03 Å². The number of urea groups is 1. The average Bonchev–Trinajstić information content (AvgIpc) is 2.80. The Morgan fingerprint density at radius 1 is 0.968 bits per heavy atom.